The van der Waals surface area contributed by atoms with Crippen molar-refractivity contribution in [2.75, 3.05) is 18.4 Å². The fourth-order valence-electron chi connectivity index (χ4n) is 4.67. The van der Waals surface area contributed by atoms with E-state index >= 15 is 0 Å². The summed E-state index contributed by atoms with van der Waals surface area (Å²) >= 11 is 0. The van der Waals surface area contributed by atoms with Crippen molar-refractivity contribution < 1.29 is 9.59 Å². The molecule has 7 heteroatoms. The van der Waals surface area contributed by atoms with E-state index in [-0.39, 0.29) is 11.8 Å². The molecule has 5 rings (SSSR count). The number of pyridine rings is 1. The number of nitrogens with one attached hydrogen (secondary N) is 1. The third-order valence-electron chi connectivity index (χ3n) is 6.35. The average molecular weight is 454 g/mol. The summed E-state index contributed by atoms with van der Waals surface area (Å²) in [7, 11) is 1.76. The van der Waals surface area contributed by atoms with Crippen LogP contribution in [-0.2, 0) is 13.5 Å². The zero-order chi connectivity index (χ0) is 23.5. The minimum absolute atomic E-state index is 0.0515. The number of carbonyl (C=O) groups is 2. The van der Waals surface area contributed by atoms with Crippen molar-refractivity contribution in [3.63, 3.8) is 0 Å². The predicted molar refractivity (Wildman–Crippen MR) is 132 cm³/mol. The second-order valence-electron chi connectivity index (χ2n) is 8.87. The summed E-state index contributed by atoms with van der Waals surface area (Å²) in [5.74, 6) is 0.00888. The normalized spacial score (nSPS) is 15.9. The van der Waals surface area contributed by atoms with E-state index in [1.165, 1.54) is 5.56 Å². The van der Waals surface area contributed by atoms with Crippen LogP contribution < -0.4 is 5.32 Å². The van der Waals surface area contributed by atoms with Crippen molar-refractivity contribution in [2.24, 2.45) is 13.0 Å². The van der Waals surface area contributed by atoms with Crippen LogP contribution in [-0.4, -0.2) is 44.6 Å². The summed E-state index contributed by atoms with van der Waals surface area (Å²) < 4.78 is 1.58. The molecule has 2 aromatic heterocycles. The summed E-state index contributed by atoms with van der Waals surface area (Å²) in [5.41, 5.74) is 3.59. The van der Waals surface area contributed by atoms with Gasteiger partial charge in [0, 0.05) is 37.9 Å². The Morgan fingerprint density at radius 3 is 2.82 bits per heavy atom. The Bertz CT molecular complexity index is 1350. The fourth-order valence-corrected chi connectivity index (χ4v) is 4.67. The van der Waals surface area contributed by atoms with Gasteiger partial charge in [-0.25, -0.2) is 0 Å². The molecule has 34 heavy (non-hydrogen) atoms. The summed E-state index contributed by atoms with van der Waals surface area (Å²) in [5, 5.41) is 8.15. The van der Waals surface area contributed by atoms with Crippen LogP contribution in [0.1, 0.15) is 39.3 Å². The number of carbonyl (C=O) groups excluding carboxylic acids is 2. The van der Waals surface area contributed by atoms with Crippen LogP contribution in [0.3, 0.4) is 0 Å². The maximum Gasteiger partial charge on any atom is 0.276 e. The van der Waals surface area contributed by atoms with Gasteiger partial charge >= 0.3 is 0 Å². The molecule has 1 atom stereocenters. The van der Waals surface area contributed by atoms with Gasteiger partial charge in [-0.2, -0.15) is 5.10 Å². The van der Waals surface area contributed by atoms with E-state index in [0.717, 1.165) is 36.7 Å². The van der Waals surface area contributed by atoms with Crippen LogP contribution in [0.2, 0.25) is 0 Å². The molecule has 1 saturated heterocycles. The number of hydrogen-bond donors (Lipinski definition) is 1. The minimum atomic E-state index is -0.330. The van der Waals surface area contributed by atoms with E-state index in [0.29, 0.717) is 29.4 Å². The quantitative estimate of drug-likeness (QED) is 0.488. The maximum atomic E-state index is 13.5. The number of anilines is 1. The number of amides is 2. The number of nitrogens with zero attached hydrogens (tertiary/aromatic N) is 4. The number of para-hydroxylation sites is 1. The second kappa shape index (κ2) is 9.47. The Labute approximate surface area is 198 Å². The molecule has 7 nitrogen and oxygen atoms in total. The Balaban J connectivity index is 1.29. The van der Waals surface area contributed by atoms with Crippen LogP contribution in [0.25, 0.3) is 10.9 Å². The molecule has 2 amide bonds. The molecule has 4 aromatic rings. The van der Waals surface area contributed by atoms with Gasteiger partial charge in [0.15, 0.2) is 5.69 Å². The maximum absolute atomic E-state index is 13.5. The smallest absolute Gasteiger partial charge is 0.276 e. The molecule has 1 aliphatic heterocycles. The average Bonchev–Trinajstić information content (AvgIpc) is 3.30. The SMILES string of the molecule is Cn1ccc(C(=O)Nc2ccccc2C(=O)N2CCC[C@H](Cc3ccc4ncccc4c3)C2)n1. The summed E-state index contributed by atoms with van der Waals surface area (Å²) in [6.45, 7) is 1.42. The highest BCUT2D eigenvalue weighted by Gasteiger charge is 2.26. The molecule has 3 heterocycles. The van der Waals surface area contributed by atoms with Gasteiger partial charge in [-0.1, -0.05) is 24.3 Å². The molecule has 1 N–H and O–H groups in total. The Morgan fingerprint density at radius 1 is 1.09 bits per heavy atom. The van der Waals surface area contributed by atoms with Crippen LogP contribution in [0, 0.1) is 5.92 Å². The second-order valence-corrected chi connectivity index (χ2v) is 8.87. The van der Waals surface area contributed by atoms with E-state index in [9.17, 15) is 9.59 Å². The van der Waals surface area contributed by atoms with Crippen LogP contribution in [0.5, 0.6) is 0 Å². The molecule has 0 spiro atoms. The Kier molecular flexibility index (Phi) is 6.08. The van der Waals surface area contributed by atoms with E-state index in [2.05, 4.69) is 39.7 Å². The third-order valence-corrected chi connectivity index (χ3v) is 6.35. The van der Waals surface area contributed by atoms with Crippen molar-refractivity contribution in [1.82, 2.24) is 19.7 Å². The van der Waals surface area contributed by atoms with Gasteiger partial charge in [-0.15, -0.1) is 0 Å². The van der Waals surface area contributed by atoms with Gasteiger partial charge < -0.3 is 10.2 Å². The van der Waals surface area contributed by atoms with Gasteiger partial charge in [-0.05, 0) is 67.1 Å². The fraction of sp³-hybridized carbons (Fsp3) is 0.259. The van der Waals surface area contributed by atoms with Crippen molar-refractivity contribution in [1.29, 1.82) is 0 Å². The van der Waals surface area contributed by atoms with Crippen molar-refractivity contribution in [3.8, 4) is 0 Å². The molecule has 0 bridgehead atoms. The lowest BCUT2D eigenvalue weighted by molar-refractivity contribution is 0.0674. The molecule has 0 aliphatic carbocycles. The van der Waals surface area contributed by atoms with Gasteiger partial charge in [0.25, 0.3) is 11.8 Å². The molecule has 172 valence electrons. The van der Waals surface area contributed by atoms with E-state index in [1.54, 1.807) is 36.1 Å². The predicted octanol–water partition coefficient (Wildman–Crippen LogP) is 4.32. The summed E-state index contributed by atoms with van der Waals surface area (Å²) in [6.07, 6.45) is 6.50. The lowest BCUT2D eigenvalue weighted by Gasteiger charge is -2.33. The first-order valence-electron chi connectivity index (χ1n) is 11.6. The topological polar surface area (TPSA) is 80.1 Å². The minimum Gasteiger partial charge on any atom is -0.338 e. The number of rotatable bonds is 5. The first-order chi connectivity index (χ1) is 16.6. The standard InChI is InChI=1S/C27H27N5O2/c1-31-15-12-25(30-31)26(33)29-24-9-3-2-8-22(24)27(34)32-14-5-6-20(18-32)16-19-10-11-23-21(17-19)7-4-13-28-23/h2-4,7-13,15,17,20H,5-6,14,16,18H2,1H3,(H,29,33)/t20-/m1/s1. The number of aryl methyl sites for hydroxylation is 1. The molecule has 2 aromatic carbocycles. The molecule has 0 saturated carbocycles. The molecular weight excluding hydrogens is 426 g/mol. The van der Waals surface area contributed by atoms with Crippen LogP contribution in [0.15, 0.2) is 73.1 Å². The van der Waals surface area contributed by atoms with Crippen LogP contribution in [0.4, 0.5) is 5.69 Å². The molecule has 1 fully saturated rings. The van der Waals surface area contributed by atoms with Crippen LogP contribution >= 0.6 is 0 Å². The highest BCUT2D eigenvalue weighted by Crippen LogP contribution is 2.26. The Morgan fingerprint density at radius 2 is 1.97 bits per heavy atom. The lowest BCUT2D eigenvalue weighted by Crippen LogP contribution is -2.40. The zero-order valence-electron chi connectivity index (χ0n) is 19.1. The number of likely N-dealkylation sites (tertiary alicyclic amines) is 1. The lowest BCUT2D eigenvalue weighted by atomic mass is 9.90. The Hall–Kier alpha value is -4.00. The van der Waals surface area contributed by atoms with Gasteiger partial charge in [0.1, 0.15) is 0 Å². The molecular formula is C27H27N5O2. The summed E-state index contributed by atoms with van der Waals surface area (Å²) in [6, 6.07) is 19.3. The molecule has 1 aliphatic rings. The number of benzene rings is 2. The number of aromatic nitrogens is 3. The highest BCUT2D eigenvalue weighted by atomic mass is 16.2. The largest absolute Gasteiger partial charge is 0.338 e. The monoisotopic (exact) mass is 453 g/mol. The summed E-state index contributed by atoms with van der Waals surface area (Å²) in [4.78, 5) is 32.4. The van der Waals surface area contributed by atoms with Gasteiger partial charge in [0.2, 0.25) is 0 Å². The van der Waals surface area contributed by atoms with E-state index < -0.39 is 0 Å². The van der Waals surface area contributed by atoms with Gasteiger partial charge in [-0.3, -0.25) is 19.3 Å². The van der Waals surface area contributed by atoms with Gasteiger partial charge in [0.05, 0.1) is 16.8 Å². The first-order valence-corrected chi connectivity index (χ1v) is 11.6. The highest BCUT2D eigenvalue weighted by molar-refractivity contribution is 6.08. The van der Waals surface area contributed by atoms with Crippen molar-refractivity contribution in [3.05, 3.63) is 89.9 Å². The van der Waals surface area contributed by atoms with E-state index in [4.69, 9.17) is 0 Å². The number of hydrogen-bond acceptors (Lipinski definition) is 4. The molecule has 0 unspecified atom stereocenters. The molecule has 0 radical (unpaired) electrons. The number of fused-ring (bicyclic) bond motifs is 1. The van der Waals surface area contributed by atoms with Crippen molar-refractivity contribution >= 4 is 28.4 Å². The zero-order valence-corrected chi connectivity index (χ0v) is 19.1. The third kappa shape index (κ3) is 4.69. The number of piperidine rings is 1. The first kappa shape index (κ1) is 21.8. The van der Waals surface area contributed by atoms with Crippen molar-refractivity contribution in [2.45, 2.75) is 19.3 Å². The van der Waals surface area contributed by atoms with E-state index in [1.807, 2.05) is 29.3 Å².